The minimum atomic E-state index is -0.308. The fraction of sp³-hybridized carbons (Fsp3) is 0.234. The number of nitrogens with zero attached hydrogens (tertiary/aromatic N) is 7. The molecule has 0 aliphatic rings. The van der Waals surface area contributed by atoms with Crippen LogP contribution in [0.3, 0.4) is 0 Å². The fourth-order valence-electron chi connectivity index (χ4n) is 13.2. The first-order valence-electron chi connectivity index (χ1n) is 34.9. The molecular weight excluding hydrogens is 1600 g/mol. The summed E-state index contributed by atoms with van der Waals surface area (Å²) in [6.45, 7) is 18.2. The molecule has 0 fully saturated rings. The van der Waals surface area contributed by atoms with Gasteiger partial charge in [-0.25, -0.2) is 0 Å². The van der Waals surface area contributed by atoms with Gasteiger partial charge in [-0.1, -0.05) is 296 Å². The van der Waals surface area contributed by atoms with Crippen LogP contribution < -0.4 is 5.32 Å². The third kappa shape index (κ3) is 20.6. The van der Waals surface area contributed by atoms with E-state index in [9.17, 15) is 0 Å². The first-order chi connectivity index (χ1) is 48.6. The van der Waals surface area contributed by atoms with E-state index in [2.05, 4.69) is 343 Å². The number of para-hydroxylation sites is 2. The van der Waals surface area contributed by atoms with Crippen LogP contribution in [0.1, 0.15) is 136 Å². The number of fused-ring (bicyclic) bond motifs is 8. The first-order valence-corrected chi connectivity index (χ1v) is 34.9. The van der Waals surface area contributed by atoms with E-state index in [4.69, 9.17) is 15.3 Å². The summed E-state index contributed by atoms with van der Waals surface area (Å²) in [5.41, 5.74) is 15.9. The minimum absolute atomic E-state index is 0. The molecule has 2 unspecified atom stereocenters. The van der Waals surface area contributed by atoms with Crippen molar-refractivity contribution in [3.8, 4) is 22.5 Å². The summed E-state index contributed by atoms with van der Waals surface area (Å²) in [6.07, 6.45) is 0. The zero-order valence-corrected chi connectivity index (χ0v) is 71.6. The van der Waals surface area contributed by atoms with Crippen molar-refractivity contribution in [2.75, 3.05) is 61.7 Å². The molecule has 10 heteroatoms. The van der Waals surface area contributed by atoms with Crippen molar-refractivity contribution in [2.45, 2.75) is 91.1 Å². The van der Waals surface area contributed by atoms with Gasteiger partial charge in [0.25, 0.3) is 0 Å². The summed E-state index contributed by atoms with van der Waals surface area (Å²) in [4.78, 5) is 10.8. The van der Waals surface area contributed by atoms with Gasteiger partial charge in [0.15, 0.2) is 0 Å². The smallest absolute Gasteiger partial charge is 0.673 e. The molecule has 2 aromatic heterocycles. The van der Waals surface area contributed by atoms with E-state index in [0.717, 1.165) is 45.0 Å². The Morgan fingerprint density at radius 2 is 0.673 bits per heavy atom. The van der Waals surface area contributed by atoms with Crippen molar-refractivity contribution in [1.82, 2.24) is 9.97 Å². The molecule has 0 bridgehead atoms. The van der Waals surface area contributed by atoms with Gasteiger partial charge < -0.3 is 51.7 Å². The molecule has 0 amide bonds. The summed E-state index contributed by atoms with van der Waals surface area (Å²) < 4.78 is 0. The number of hydrogen-bond donors (Lipinski definition) is 1. The molecule has 104 heavy (non-hydrogen) atoms. The maximum Gasteiger partial charge on any atom is 4.00 e. The molecule has 2 heterocycles. The van der Waals surface area contributed by atoms with Crippen LogP contribution in [0.2, 0.25) is 0 Å². The molecule has 0 saturated heterocycles. The average molecular weight is 1700 g/mol. The molecule has 12 aromatic carbocycles. The Bertz CT molecular complexity index is 4590. The number of hydrogen-bond acceptors (Lipinski definition) is 3. The van der Waals surface area contributed by atoms with Crippen molar-refractivity contribution < 1.29 is 51.7 Å². The standard InChI is InChI=1S/C42H38N2.C42H36N2.4C2H6N.2CH3.2Hf/c2*1-27(2)31-21-12-22-32(28(3)4)41(31)44-42(38-26-30-15-6-8-18-34(30)35-19-9-10-20-36(35)38)40-25-13-24-39(43-40)37-23-11-16-29-14-5-7-17-33(29)37;4*1-3-2;;;;/h5-28,42,44H,1-4H3;5-22,24-28,42H,1-4H3;4*1-2H3;2*1H3;;/q;-2;6*-1;2*+4. The molecule has 0 aliphatic carbocycles. The molecule has 14 rings (SSSR count). The van der Waals surface area contributed by atoms with E-state index in [1.54, 1.807) is 56.4 Å². The second kappa shape index (κ2) is 42.6. The number of rotatable bonds is 14. The van der Waals surface area contributed by atoms with Gasteiger partial charge in [0, 0.05) is 16.9 Å². The quantitative estimate of drug-likeness (QED) is 0.0665. The Balaban J connectivity index is 0.000000314. The predicted octanol–water partition coefficient (Wildman–Crippen LogP) is 27.1. The zero-order valence-electron chi connectivity index (χ0n) is 64.4. The van der Waals surface area contributed by atoms with Crippen LogP contribution >= 0.6 is 0 Å². The van der Waals surface area contributed by atoms with Gasteiger partial charge in [0.1, 0.15) is 0 Å². The molecule has 0 aliphatic heterocycles. The second-order valence-corrected chi connectivity index (χ2v) is 26.4. The third-order valence-corrected chi connectivity index (χ3v) is 17.6. The number of benzene rings is 12. The summed E-state index contributed by atoms with van der Waals surface area (Å²) in [6, 6.07) is 96.5. The zero-order chi connectivity index (χ0) is 71.2. The number of nitrogens with one attached hydrogen (secondary N) is 1. The molecule has 14 aromatic rings. The van der Waals surface area contributed by atoms with E-state index in [1.807, 2.05) is 6.07 Å². The van der Waals surface area contributed by atoms with Crippen LogP contribution in [0.15, 0.2) is 261 Å². The SMILES string of the molecule is CC(C)c1cccc(C(C)C)c1NC(c1cccc(-c2cccc3ccccc23)n1)c1cc2ccccc2c2ccccc12.CC(C)c1cccc(C(C)C)c1[N-]C(c1cccc(-c2[c-]ccc3ccccc23)n1)c1cc2ccccc2c2ccccc12.C[N-]C.C[N-]C.C[N-]C.C[N-]C.[CH3-].[CH3-].[Hf+4].[Hf+4]. The van der Waals surface area contributed by atoms with Gasteiger partial charge in [-0.05, 0) is 136 Å². The van der Waals surface area contributed by atoms with E-state index in [1.165, 1.54) is 98.3 Å². The molecule has 2 atom stereocenters. The van der Waals surface area contributed by atoms with Gasteiger partial charge in [0.05, 0.1) is 17.4 Å². The normalized spacial score (nSPS) is 11.2. The Kier molecular flexibility index (Phi) is 35.3. The Morgan fingerprint density at radius 3 is 1.17 bits per heavy atom. The maximum atomic E-state index is 5.72. The van der Waals surface area contributed by atoms with Crippen molar-refractivity contribution in [3.63, 3.8) is 0 Å². The van der Waals surface area contributed by atoms with Crippen LogP contribution in [0.4, 0.5) is 11.4 Å². The third-order valence-electron chi connectivity index (χ3n) is 17.6. The Hall–Kier alpha value is -8.32. The van der Waals surface area contributed by atoms with Crippen LogP contribution in [0.5, 0.6) is 0 Å². The van der Waals surface area contributed by atoms with E-state index < -0.39 is 0 Å². The summed E-state index contributed by atoms with van der Waals surface area (Å²) in [7, 11) is 14.0. The molecule has 0 spiro atoms. The molecule has 1 N–H and O–H groups in total. The van der Waals surface area contributed by atoms with Gasteiger partial charge in [-0.3, -0.25) is 4.98 Å². The molecule has 0 radical (unpaired) electrons. The van der Waals surface area contributed by atoms with E-state index in [0.29, 0.717) is 23.7 Å². The van der Waals surface area contributed by atoms with Crippen LogP contribution in [-0.4, -0.2) is 66.3 Å². The summed E-state index contributed by atoms with van der Waals surface area (Å²) >= 11 is 0. The molecule has 0 saturated carbocycles. The molecular formula is C94H104Hf2N8. The fourth-order valence-corrected chi connectivity index (χ4v) is 13.2. The minimum Gasteiger partial charge on any atom is -0.673 e. The number of anilines is 1. The largest absolute Gasteiger partial charge is 4.00 e. The van der Waals surface area contributed by atoms with Crippen molar-refractivity contribution in [1.29, 1.82) is 0 Å². The average Bonchev–Trinajstić information content (AvgIpc) is 0.759. The predicted molar refractivity (Wildman–Crippen MR) is 449 cm³/mol. The van der Waals surface area contributed by atoms with Crippen molar-refractivity contribution in [3.05, 3.63) is 353 Å². The summed E-state index contributed by atoms with van der Waals surface area (Å²) in [5.74, 6) is 1.43. The van der Waals surface area contributed by atoms with Crippen LogP contribution in [0, 0.1) is 20.9 Å². The van der Waals surface area contributed by atoms with Gasteiger partial charge in [0.2, 0.25) is 0 Å². The summed E-state index contributed by atoms with van der Waals surface area (Å²) in [5, 5.41) is 38.5. The number of aromatic nitrogens is 2. The second-order valence-electron chi connectivity index (χ2n) is 26.4. The van der Waals surface area contributed by atoms with Gasteiger partial charge in [-0.15, -0.1) is 34.8 Å². The number of pyridine rings is 2. The molecule has 8 nitrogen and oxygen atoms in total. The molecule has 528 valence electrons. The van der Waals surface area contributed by atoms with E-state index in [-0.39, 0.29) is 78.6 Å². The Morgan fingerprint density at radius 1 is 0.317 bits per heavy atom. The monoisotopic (exact) mass is 1700 g/mol. The van der Waals surface area contributed by atoms with Crippen LogP contribution in [0.25, 0.3) is 114 Å². The van der Waals surface area contributed by atoms with Gasteiger partial charge >= 0.3 is 51.7 Å². The van der Waals surface area contributed by atoms with Crippen LogP contribution in [-0.2, 0) is 51.7 Å². The van der Waals surface area contributed by atoms with E-state index >= 15 is 0 Å². The van der Waals surface area contributed by atoms with Gasteiger partial charge in [-0.2, -0.15) is 56.4 Å². The topological polar surface area (TPSA) is 108 Å². The first kappa shape index (κ1) is 86.3. The maximum absolute atomic E-state index is 5.72. The van der Waals surface area contributed by atoms with Crippen molar-refractivity contribution >= 4 is 76.0 Å². The Labute approximate surface area is 660 Å². The van der Waals surface area contributed by atoms with Crippen molar-refractivity contribution in [2.24, 2.45) is 0 Å².